The van der Waals surface area contributed by atoms with Crippen molar-refractivity contribution in [1.29, 1.82) is 0 Å². The number of aliphatic carboxylic acids is 1. The average molecular weight is 295 g/mol. The van der Waals surface area contributed by atoms with Crippen LogP contribution in [0.5, 0.6) is 0 Å². The summed E-state index contributed by atoms with van der Waals surface area (Å²) in [5.41, 5.74) is 1.33. The first kappa shape index (κ1) is 15.5. The molecule has 1 amide bonds. The van der Waals surface area contributed by atoms with Crippen LogP contribution >= 0.6 is 0 Å². The molecule has 21 heavy (non-hydrogen) atoms. The fraction of sp³-hybridized carbons (Fsp3) is 0.643. The molecule has 2 rings (SSSR count). The van der Waals surface area contributed by atoms with E-state index in [4.69, 9.17) is 9.84 Å². The molecule has 0 aliphatic carbocycles. The number of morpholine rings is 1. The minimum Gasteiger partial charge on any atom is -0.481 e. The largest absolute Gasteiger partial charge is 0.481 e. The van der Waals surface area contributed by atoms with E-state index in [1.807, 2.05) is 20.8 Å². The molecule has 0 aromatic carbocycles. The Labute approximate surface area is 123 Å². The van der Waals surface area contributed by atoms with E-state index in [1.54, 1.807) is 15.8 Å². The molecule has 0 bridgehead atoms. The van der Waals surface area contributed by atoms with Gasteiger partial charge in [-0.1, -0.05) is 0 Å². The molecule has 7 heteroatoms. The minimum absolute atomic E-state index is 0.108. The molecule has 0 unspecified atom stereocenters. The minimum atomic E-state index is -0.933. The second kappa shape index (κ2) is 6.26. The molecule has 0 spiro atoms. The van der Waals surface area contributed by atoms with Crippen LogP contribution in [0.15, 0.2) is 6.20 Å². The van der Waals surface area contributed by atoms with Crippen LogP contribution in [0.4, 0.5) is 0 Å². The number of carbonyl (C=O) groups is 2. The van der Waals surface area contributed by atoms with Gasteiger partial charge in [-0.05, 0) is 20.8 Å². The van der Waals surface area contributed by atoms with Gasteiger partial charge in [0, 0.05) is 18.3 Å². The molecule has 2 heterocycles. The summed E-state index contributed by atoms with van der Waals surface area (Å²) in [6.07, 6.45) is 1.45. The summed E-state index contributed by atoms with van der Waals surface area (Å²) in [7, 11) is 0. The second-order valence-electron chi connectivity index (χ2n) is 5.51. The van der Waals surface area contributed by atoms with E-state index in [1.165, 1.54) is 0 Å². The number of hydrogen-bond donors (Lipinski definition) is 1. The van der Waals surface area contributed by atoms with E-state index in [2.05, 4.69) is 5.10 Å². The molecule has 7 nitrogen and oxygen atoms in total. The van der Waals surface area contributed by atoms with Crippen molar-refractivity contribution < 1.29 is 19.4 Å². The smallest absolute Gasteiger partial charge is 0.305 e. The van der Waals surface area contributed by atoms with Gasteiger partial charge < -0.3 is 14.7 Å². The summed E-state index contributed by atoms with van der Waals surface area (Å²) < 4.78 is 7.09. The standard InChI is InChI=1S/C14H21N3O4/c1-9(2)17-10(3)12(7-15-17)14(20)16-4-5-21-8-11(16)6-13(18)19/h7,9,11H,4-6,8H2,1-3H3,(H,18,19)/t11-/m0/s1. The van der Waals surface area contributed by atoms with Crippen molar-refractivity contribution in [3.63, 3.8) is 0 Å². The third kappa shape index (κ3) is 3.24. The van der Waals surface area contributed by atoms with Crippen molar-refractivity contribution in [3.05, 3.63) is 17.5 Å². The molecule has 1 fully saturated rings. The van der Waals surface area contributed by atoms with Crippen molar-refractivity contribution in [2.75, 3.05) is 19.8 Å². The highest BCUT2D eigenvalue weighted by Crippen LogP contribution is 2.19. The Hall–Kier alpha value is -1.89. The Kier molecular flexibility index (Phi) is 4.62. The molecular formula is C14H21N3O4. The Bertz CT molecular complexity index is 538. The predicted octanol–water partition coefficient (Wildman–Crippen LogP) is 1.09. The van der Waals surface area contributed by atoms with Gasteiger partial charge in [0.05, 0.1) is 37.4 Å². The number of aromatic nitrogens is 2. The van der Waals surface area contributed by atoms with Crippen LogP contribution < -0.4 is 0 Å². The van der Waals surface area contributed by atoms with E-state index in [0.29, 0.717) is 18.7 Å². The zero-order valence-electron chi connectivity index (χ0n) is 12.6. The summed E-state index contributed by atoms with van der Waals surface area (Å²) in [5.74, 6) is -1.10. The van der Waals surface area contributed by atoms with E-state index in [-0.39, 0.29) is 25.0 Å². The first-order valence-electron chi connectivity index (χ1n) is 7.06. The maximum absolute atomic E-state index is 12.7. The Morgan fingerprint density at radius 1 is 1.52 bits per heavy atom. The SMILES string of the molecule is Cc1c(C(=O)N2CCOC[C@@H]2CC(=O)O)cnn1C(C)C. The van der Waals surface area contributed by atoms with Gasteiger partial charge in [-0.25, -0.2) is 0 Å². The summed E-state index contributed by atoms with van der Waals surface area (Å²) in [6.45, 7) is 6.94. The van der Waals surface area contributed by atoms with Crippen LogP contribution in [0.25, 0.3) is 0 Å². The number of nitrogens with zero attached hydrogens (tertiary/aromatic N) is 3. The first-order chi connectivity index (χ1) is 9.91. The van der Waals surface area contributed by atoms with E-state index < -0.39 is 12.0 Å². The Morgan fingerprint density at radius 3 is 2.81 bits per heavy atom. The van der Waals surface area contributed by atoms with Crippen LogP contribution in [0.3, 0.4) is 0 Å². The summed E-state index contributed by atoms with van der Waals surface area (Å²) in [5, 5.41) is 13.2. The number of carboxylic acids is 1. The lowest BCUT2D eigenvalue weighted by molar-refractivity contribution is -0.139. The quantitative estimate of drug-likeness (QED) is 0.898. The predicted molar refractivity (Wildman–Crippen MR) is 75.2 cm³/mol. The van der Waals surface area contributed by atoms with Crippen LogP contribution in [0, 0.1) is 6.92 Å². The van der Waals surface area contributed by atoms with Gasteiger partial charge in [0.2, 0.25) is 0 Å². The van der Waals surface area contributed by atoms with Crippen molar-refractivity contribution in [1.82, 2.24) is 14.7 Å². The van der Waals surface area contributed by atoms with Gasteiger partial charge in [-0.3, -0.25) is 14.3 Å². The summed E-state index contributed by atoms with van der Waals surface area (Å²) >= 11 is 0. The van der Waals surface area contributed by atoms with Crippen LogP contribution in [0.2, 0.25) is 0 Å². The van der Waals surface area contributed by atoms with E-state index in [0.717, 1.165) is 5.69 Å². The molecule has 1 aliphatic heterocycles. The third-order valence-corrected chi connectivity index (χ3v) is 3.66. The molecule has 0 saturated carbocycles. The number of carbonyl (C=O) groups excluding carboxylic acids is 1. The van der Waals surface area contributed by atoms with Gasteiger partial charge in [0.25, 0.3) is 5.91 Å². The van der Waals surface area contributed by atoms with Gasteiger partial charge in [0.1, 0.15) is 0 Å². The maximum atomic E-state index is 12.7. The molecule has 1 atom stereocenters. The van der Waals surface area contributed by atoms with Gasteiger partial charge in [-0.2, -0.15) is 5.10 Å². The topological polar surface area (TPSA) is 84.7 Å². The monoisotopic (exact) mass is 295 g/mol. The average Bonchev–Trinajstić information content (AvgIpc) is 2.80. The number of carboxylic acid groups (broad SMARTS) is 1. The van der Waals surface area contributed by atoms with Crippen LogP contribution in [-0.4, -0.2) is 57.5 Å². The van der Waals surface area contributed by atoms with Crippen LogP contribution in [0.1, 0.15) is 42.4 Å². The van der Waals surface area contributed by atoms with Crippen LogP contribution in [-0.2, 0) is 9.53 Å². The summed E-state index contributed by atoms with van der Waals surface area (Å²) in [6, 6.07) is -0.253. The Morgan fingerprint density at radius 2 is 2.24 bits per heavy atom. The van der Waals surface area contributed by atoms with Crippen molar-refractivity contribution in [2.45, 2.75) is 39.3 Å². The first-order valence-corrected chi connectivity index (χ1v) is 7.06. The number of hydrogen-bond acceptors (Lipinski definition) is 4. The maximum Gasteiger partial charge on any atom is 0.305 e. The van der Waals surface area contributed by atoms with Crippen molar-refractivity contribution in [3.8, 4) is 0 Å². The van der Waals surface area contributed by atoms with E-state index >= 15 is 0 Å². The van der Waals surface area contributed by atoms with Gasteiger partial charge >= 0.3 is 5.97 Å². The molecule has 1 aromatic heterocycles. The lowest BCUT2D eigenvalue weighted by atomic mass is 10.1. The highest BCUT2D eigenvalue weighted by atomic mass is 16.5. The number of ether oxygens (including phenoxy) is 1. The van der Waals surface area contributed by atoms with Gasteiger partial charge in [0.15, 0.2) is 0 Å². The fourth-order valence-electron chi connectivity index (χ4n) is 2.60. The lowest BCUT2D eigenvalue weighted by Gasteiger charge is -2.34. The normalized spacial score (nSPS) is 19.0. The van der Waals surface area contributed by atoms with E-state index in [9.17, 15) is 9.59 Å². The van der Waals surface area contributed by atoms with Crippen molar-refractivity contribution >= 4 is 11.9 Å². The molecule has 1 aliphatic rings. The Balaban J connectivity index is 2.22. The molecule has 1 saturated heterocycles. The third-order valence-electron chi connectivity index (χ3n) is 3.66. The van der Waals surface area contributed by atoms with Gasteiger partial charge in [-0.15, -0.1) is 0 Å². The summed E-state index contributed by atoms with van der Waals surface area (Å²) in [4.78, 5) is 25.2. The molecular weight excluding hydrogens is 274 g/mol. The molecule has 1 N–H and O–H groups in total. The molecule has 1 aromatic rings. The number of amides is 1. The lowest BCUT2D eigenvalue weighted by Crippen LogP contribution is -2.49. The zero-order chi connectivity index (χ0) is 15.6. The number of rotatable bonds is 4. The highest BCUT2D eigenvalue weighted by molar-refractivity contribution is 5.95. The highest BCUT2D eigenvalue weighted by Gasteiger charge is 2.31. The molecule has 116 valence electrons. The second-order valence-corrected chi connectivity index (χ2v) is 5.51. The zero-order valence-corrected chi connectivity index (χ0v) is 12.6. The fourth-order valence-corrected chi connectivity index (χ4v) is 2.60. The van der Waals surface area contributed by atoms with Crippen molar-refractivity contribution in [2.24, 2.45) is 0 Å². The molecule has 0 radical (unpaired) electrons.